The summed E-state index contributed by atoms with van der Waals surface area (Å²) in [6, 6.07) is 20.7. The SMILES string of the molecule is CS(=O)(=O)Nc1cccc(-c2cc(NC(=O)c3ccc(O[C@H]4CCNC4)c(-c4ccc(F)c(F)c4)c3)ccc2O[C@@H]2CCNC2)c1. The van der Waals surface area contributed by atoms with Gasteiger partial charge >= 0.3 is 0 Å². The lowest BCUT2D eigenvalue weighted by Crippen LogP contribution is -2.20. The smallest absolute Gasteiger partial charge is 0.255 e. The van der Waals surface area contributed by atoms with Gasteiger partial charge in [-0.25, -0.2) is 17.2 Å². The van der Waals surface area contributed by atoms with Crippen LogP contribution in [0.1, 0.15) is 23.2 Å². The van der Waals surface area contributed by atoms with Crippen LogP contribution >= 0.6 is 0 Å². The number of carbonyl (C=O) groups is 1. The molecule has 2 heterocycles. The second kappa shape index (κ2) is 13.5. The minimum absolute atomic E-state index is 0.0352. The van der Waals surface area contributed by atoms with E-state index in [9.17, 15) is 22.0 Å². The molecule has 4 N–H and O–H groups in total. The molecule has 4 aromatic carbocycles. The van der Waals surface area contributed by atoms with Crippen LogP contribution in [0.15, 0.2) is 78.9 Å². The number of sulfonamides is 1. The largest absolute Gasteiger partial charge is 0.488 e. The van der Waals surface area contributed by atoms with Gasteiger partial charge in [0.25, 0.3) is 5.91 Å². The van der Waals surface area contributed by atoms with E-state index in [1.54, 1.807) is 54.6 Å². The highest BCUT2D eigenvalue weighted by Gasteiger charge is 2.22. The third kappa shape index (κ3) is 7.64. The number of halogens is 2. The van der Waals surface area contributed by atoms with Gasteiger partial charge in [0, 0.05) is 41.2 Å². The molecule has 12 heteroatoms. The van der Waals surface area contributed by atoms with Gasteiger partial charge in [0.2, 0.25) is 10.0 Å². The van der Waals surface area contributed by atoms with Crippen molar-refractivity contribution in [3.05, 3.63) is 96.1 Å². The quantitative estimate of drug-likeness (QED) is 0.182. The Morgan fingerprint density at radius 2 is 1.41 bits per heavy atom. The number of hydrogen-bond donors (Lipinski definition) is 4. The molecule has 4 aromatic rings. The van der Waals surface area contributed by atoms with Crippen LogP contribution < -0.4 is 30.1 Å². The first-order valence-electron chi connectivity index (χ1n) is 15.0. The molecule has 240 valence electrons. The molecule has 2 aliphatic rings. The van der Waals surface area contributed by atoms with E-state index in [2.05, 4.69) is 20.7 Å². The van der Waals surface area contributed by atoms with Crippen molar-refractivity contribution in [3.63, 3.8) is 0 Å². The number of rotatable bonds is 10. The average Bonchev–Trinajstić information content (AvgIpc) is 3.74. The van der Waals surface area contributed by atoms with Crippen LogP contribution in [0, 0.1) is 11.6 Å². The first-order chi connectivity index (χ1) is 22.1. The minimum atomic E-state index is -3.50. The van der Waals surface area contributed by atoms with E-state index in [1.807, 2.05) is 6.07 Å². The number of ether oxygens (including phenoxy) is 2. The zero-order valence-electron chi connectivity index (χ0n) is 25.1. The molecule has 0 unspecified atom stereocenters. The molecule has 0 aromatic heterocycles. The number of amides is 1. The third-order valence-corrected chi connectivity index (χ3v) is 8.41. The summed E-state index contributed by atoms with van der Waals surface area (Å²) < 4.78 is 66.7. The van der Waals surface area contributed by atoms with Gasteiger partial charge in [0.05, 0.1) is 6.26 Å². The van der Waals surface area contributed by atoms with E-state index >= 15 is 0 Å². The molecule has 0 bridgehead atoms. The van der Waals surface area contributed by atoms with Crippen molar-refractivity contribution in [2.24, 2.45) is 0 Å². The summed E-state index contributed by atoms with van der Waals surface area (Å²) in [5.74, 6) is -1.34. The van der Waals surface area contributed by atoms with Crippen LogP contribution in [0.25, 0.3) is 22.3 Å². The molecule has 1 amide bonds. The molecule has 2 fully saturated rings. The van der Waals surface area contributed by atoms with Crippen molar-refractivity contribution in [2.45, 2.75) is 25.0 Å². The van der Waals surface area contributed by atoms with Gasteiger partial charge in [-0.15, -0.1) is 0 Å². The van der Waals surface area contributed by atoms with Crippen molar-refractivity contribution in [1.82, 2.24) is 10.6 Å². The lowest BCUT2D eigenvalue weighted by atomic mass is 10.0. The van der Waals surface area contributed by atoms with E-state index in [-0.39, 0.29) is 17.8 Å². The van der Waals surface area contributed by atoms with E-state index in [1.165, 1.54) is 6.07 Å². The fraction of sp³-hybridized carbons (Fsp3) is 0.265. The number of carbonyl (C=O) groups excluding carboxylic acids is 1. The average molecular weight is 649 g/mol. The molecule has 2 saturated heterocycles. The van der Waals surface area contributed by atoms with E-state index in [4.69, 9.17) is 9.47 Å². The fourth-order valence-corrected chi connectivity index (χ4v) is 6.14. The molecular formula is C34H34F2N4O5S. The Balaban J connectivity index is 1.31. The fourth-order valence-electron chi connectivity index (χ4n) is 5.58. The molecule has 0 aliphatic carbocycles. The van der Waals surface area contributed by atoms with Gasteiger partial charge < -0.3 is 25.4 Å². The second-order valence-corrected chi connectivity index (χ2v) is 13.2. The summed E-state index contributed by atoms with van der Waals surface area (Å²) >= 11 is 0. The van der Waals surface area contributed by atoms with Crippen LogP contribution in [0.2, 0.25) is 0 Å². The van der Waals surface area contributed by atoms with Gasteiger partial charge in [0.15, 0.2) is 11.6 Å². The Morgan fingerprint density at radius 1 is 0.761 bits per heavy atom. The maximum absolute atomic E-state index is 14.2. The number of benzene rings is 4. The van der Waals surface area contributed by atoms with Crippen molar-refractivity contribution >= 4 is 27.3 Å². The standard InChI is InChI=1S/C34H34F2N4O5S/c1-46(42,43)40-25-4-2-3-21(15-25)29-18-24(7-10-33(29)45-27-12-14-38-20-27)39-34(41)23-6-9-32(44-26-11-13-37-19-26)28(16-23)22-5-8-30(35)31(36)17-22/h2-10,15-18,26-27,37-38,40H,11-14,19-20H2,1H3,(H,39,41)/t26-,27+/m0/s1. The third-order valence-electron chi connectivity index (χ3n) is 7.80. The Labute approximate surface area is 266 Å². The van der Waals surface area contributed by atoms with E-state index in [0.717, 1.165) is 44.3 Å². The first-order valence-corrected chi connectivity index (χ1v) is 16.9. The monoisotopic (exact) mass is 648 g/mol. The van der Waals surface area contributed by atoms with Gasteiger partial charge in [-0.3, -0.25) is 9.52 Å². The Hall–Kier alpha value is -4.52. The first kappa shape index (κ1) is 31.5. The van der Waals surface area contributed by atoms with Gasteiger partial charge in [-0.05, 0) is 97.7 Å². The van der Waals surface area contributed by atoms with Crippen LogP contribution in [0.3, 0.4) is 0 Å². The highest BCUT2D eigenvalue weighted by atomic mass is 32.2. The molecule has 0 spiro atoms. The lowest BCUT2D eigenvalue weighted by molar-refractivity contribution is 0.102. The Kier molecular flexibility index (Phi) is 9.20. The topological polar surface area (TPSA) is 118 Å². The lowest BCUT2D eigenvalue weighted by Gasteiger charge is -2.19. The molecule has 0 saturated carbocycles. The molecule has 2 aliphatic heterocycles. The van der Waals surface area contributed by atoms with E-state index < -0.39 is 27.6 Å². The molecular weight excluding hydrogens is 614 g/mol. The zero-order valence-corrected chi connectivity index (χ0v) is 25.9. The maximum atomic E-state index is 14.2. The summed E-state index contributed by atoms with van der Waals surface area (Å²) in [7, 11) is -3.50. The molecule has 0 radical (unpaired) electrons. The predicted octanol–water partition coefficient (Wildman–Crippen LogP) is 5.40. The Morgan fingerprint density at radius 3 is 2.04 bits per heavy atom. The summed E-state index contributed by atoms with van der Waals surface area (Å²) in [4.78, 5) is 13.6. The van der Waals surface area contributed by atoms with Gasteiger partial charge in [-0.2, -0.15) is 0 Å². The summed E-state index contributed by atoms with van der Waals surface area (Å²) in [5.41, 5.74) is 3.35. The minimum Gasteiger partial charge on any atom is -0.488 e. The number of nitrogens with one attached hydrogen (secondary N) is 4. The molecule has 6 rings (SSSR count). The summed E-state index contributed by atoms with van der Waals surface area (Å²) in [6.45, 7) is 3.01. The van der Waals surface area contributed by atoms with E-state index in [0.29, 0.717) is 58.2 Å². The summed E-state index contributed by atoms with van der Waals surface area (Å²) in [5, 5.41) is 9.45. The highest BCUT2D eigenvalue weighted by molar-refractivity contribution is 7.92. The van der Waals surface area contributed by atoms with Crippen molar-refractivity contribution < 1.29 is 31.5 Å². The highest BCUT2D eigenvalue weighted by Crippen LogP contribution is 2.37. The van der Waals surface area contributed by atoms with Gasteiger partial charge in [-0.1, -0.05) is 18.2 Å². The van der Waals surface area contributed by atoms with Crippen LogP contribution in [0.4, 0.5) is 20.2 Å². The molecule has 46 heavy (non-hydrogen) atoms. The van der Waals surface area contributed by atoms with Crippen LogP contribution in [0.5, 0.6) is 11.5 Å². The number of anilines is 2. The van der Waals surface area contributed by atoms with Gasteiger partial charge in [0.1, 0.15) is 23.7 Å². The van der Waals surface area contributed by atoms with Crippen molar-refractivity contribution in [3.8, 4) is 33.8 Å². The predicted molar refractivity (Wildman–Crippen MR) is 174 cm³/mol. The molecule has 2 atom stereocenters. The van der Waals surface area contributed by atoms with Crippen LogP contribution in [-0.4, -0.2) is 59.0 Å². The Bertz CT molecular complexity index is 1860. The summed E-state index contributed by atoms with van der Waals surface area (Å²) in [6.07, 6.45) is 2.60. The second-order valence-electron chi connectivity index (χ2n) is 11.4. The normalized spacial score (nSPS) is 17.9. The maximum Gasteiger partial charge on any atom is 0.255 e. The zero-order chi connectivity index (χ0) is 32.3. The molecule has 9 nitrogen and oxygen atoms in total. The van der Waals surface area contributed by atoms with Crippen molar-refractivity contribution in [1.29, 1.82) is 0 Å². The van der Waals surface area contributed by atoms with Crippen LogP contribution in [-0.2, 0) is 10.0 Å². The number of hydrogen-bond acceptors (Lipinski definition) is 7. The van der Waals surface area contributed by atoms with Crippen molar-refractivity contribution in [2.75, 3.05) is 42.5 Å².